The van der Waals surface area contributed by atoms with Crippen molar-refractivity contribution in [2.24, 2.45) is 0 Å². The number of nitrogens with zero attached hydrogens (tertiary/aromatic N) is 2. The lowest BCUT2D eigenvalue weighted by Crippen LogP contribution is -2.13. The van der Waals surface area contributed by atoms with E-state index in [2.05, 4.69) is 31.2 Å². The van der Waals surface area contributed by atoms with Gasteiger partial charge in [-0.2, -0.15) is 8.78 Å². The van der Waals surface area contributed by atoms with Gasteiger partial charge in [0.05, 0.1) is 5.56 Å². The number of hydrogen-bond acceptors (Lipinski definition) is 5. The van der Waals surface area contributed by atoms with Crippen LogP contribution in [0, 0.1) is 0 Å². The summed E-state index contributed by atoms with van der Waals surface area (Å²) in [5.74, 6) is -3.15. The van der Waals surface area contributed by atoms with Gasteiger partial charge in [0.1, 0.15) is 5.03 Å². The van der Waals surface area contributed by atoms with Gasteiger partial charge < -0.3 is 0 Å². The minimum atomic E-state index is -2.64. The van der Waals surface area contributed by atoms with Crippen LogP contribution >= 0.6 is 39.0 Å². The van der Waals surface area contributed by atoms with Crippen LogP contribution in [0.15, 0.2) is 58.3 Å². The summed E-state index contributed by atoms with van der Waals surface area (Å²) in [5, 5.41) is 3.06. The molecule has 0 aliphatic rings. The fourth-order valence-electron chi connectivity index (χ4n) is 2.16. The van der Waals surface area contributed by atoms with Gasteiger partial charge in [-0.25, -0.2) is 9.97 Å². The van der Waals surface area contributed by atoms with Crippen LogP contribution < -0.4 is 5.32 Å². The van der Waals surface area contributed by atoms with Gasteiger partial charge in [-0.3, -0.25) is 10.1 Å². The molecule has 9 heteroatoms. The van der Waals surface area contributed by atoms with Gasteiger partial charge in [0.2, 0.25) is 0 Å². The predicted molar refractivity (Wildman–Crippen MR) is 103 cm³/mol. The van der Waals surface area contributed by atoms with Crippen LogP contribution in [-0.2, 0) is 6.42 Å². The Kier molecular flexibility index (Phi) is 6.33. The van der Waals surface area contributed by atoms with E-state index in [4.69, 9.17) is 0 Å². The van der Waals surface area contributed by atoms with Crippen LogP contribution in [0.3, 0.4) is 0 Å². The lowest BCUT2D eigenvalue weighted by Gasteiger charge is -2.06. The molecular weight excluding hydrogens is 444 g/mol. The van der Waals surface area contributed by atoms with Crippen molar-refractivity contribution in [3.8, 4) is 0 Å². The molecule has 1 N–H and O–H groups in total. The number of halogens is 3. The number of aromatic nitrogens is 2. The number of alkyl halides is 2. The molecular formula is C17H12BrF2N3OS2. The van der Waals surface area contributed by atoms with Crippen molar-refractivity contribution in [1.82, 2.24) is 9.97 Å². The zero-order chi connectivity index (χ0) is 18.5. The molecule has 4 nitrogen and oxygen atoms in total. The summed E-state index contributed by atoms with van der Waals surface area (Å²) in [6.07, 6.45) is 3.77. The number of rotatable bonds is 6. The summed E-state index contributed by atoms with van der Waals surface area (Å²) in [6.45, 7) is 0. The topological polar surface area (TPSA) is 54.9 Å². The molecule has 0 saturated heterocycles. The van der Waals surface area contributed by atoms with Crippen LogP contribution in [0.1, 0.15) is 20.8 Å². The van der Waals surface area contributed by atoms with Gasteiger partial charge in [-0.1, -0.05) is 28.1 Å². The van der Waals surface area contributed by atoms with Crippen LogP contribution in [0.4, 0.5) is 13.9 Å². The van der Waals surface area contributed by atoms with E-state index in [0.29, 0.717) is 11.6 Å². The number of carbonyl (C=O) groups is 1. The molecule has 134 valence electrons. The summed E-state index contributed by atoms with van der Waals surface area (Å²) in [7, 11) is 0. The number of thioether (sulfide) groups is 1. The third-order valence-corrected chi connectivity index (χ3v) is 5.45. The Morgan fingerprint density at radius 3 is 2.73 bits per heavy atom. The second-order valence-corrected chi connectivity index (χ2v) is 8.13. The lowest BCUT2D eigenvalue weighted by molar-refractivity contribution is 0.102. The number of pyridine rings is 1. The van der Waals surface area contributed by atoms with E-state index in [-0.39, 0.29) is 22.4 Å². The van der Waals surface area contributed by atoms with E-state index in [1.807, 2.05) is 24.3 Å². The van der Waals surface area contributed by atoms with Gasteiger partial charge in [0, 0.05) is 28.2 Å². The summed E-state index contributed by atoms with van der Waals surface area (Å²) in [6, 6.07) is 10.9. The first-order valence-corrected chi connectivity index (χ1v) is 9.90. The van der Waals surface area contributed by atoms with E-state index in [9.17, 15) is 13.6 Å². The monoisotopic (exact) mass is 455 g/mol. The smallest absolute Gasteiger partial charge is 0.290 e. The second kappa shape index (κ2) is 8.70. The quantitative estimate of drug-likeness (QED) is 0.501. The molecule has 3 rings (SSSR count). The highest BCUT2D eigenvalue weighted by atomic mass is 79.9. The highest BCUT2D eigenvalue weighted by Gasteiger charge is 2.17. The van der Waals surface area contributed by atoms with E-state index in [1.165, 1.54) is 29.7 Å². The van der Waals surface area contributed by atoms with Gasteiger partial charge in [-0.05, 0) is 41.6 Å². The second-order valence-electron chi connectivity index (χ2n) is 5.12. The molecule has 0 saturated carbocycles. The summed E-state index contributed by atoms with van der Waals surface area (Å²) >= 11 is 4.98. The number of carbonyl (C=O) groups excluding carboxylic acids is 1. The molecule has 0 fully saturated rings. The van der Waals surface area contributed by atoms with Crippen LogP contribution in [-0.4, -0.2) is 21.6 Å². The van der Waals surface area contributed by atoms with Gasteiger partial charge >= 0.3 is 0 Å². The Morgan fingerprint density at radius 2 is 2.00 bits per heavy atom. The van der Waals surface area contributed by atoms with Crippen LogP contribution in [0.25, 0.3) is 0 Å². The number of thiazole rings is 1. The minimum Gasteiger partial charge on any atom is -0.298 e. The third kappa shape index (κ3) is 5.09. The van der Waals surface area contributed by atoms with Crippen molar-refractivity contribution >= 4 is 50.1 Å². The number of nitrogens with one attached hydrogen (secondary N) is 1. The van der Waals surface area contributed by atoms with E-state index >= 15 is 0 Å². The molecule has 0 aliphatic carbocycles. The largest absolute Gasteiger partial charge is 0.298 e. The first kappa shape index (κ1) is 18.9. The minimum absolute atomic E-state index is 0.00774. The molecule has 1 aromatic carbocycles. The Balaban J connectivity index is 1.69. The molecule has 2 aromatic heterocycles. The van der Waals surface area contributed by atoms with Crippen molar-refractivity contribution in [2.75, 3.05) is 5.32 Å². The van der Waals surface area contributed by atoms with Gasteiger partial charge in [0.25, 0.3) is 11.7 Å². The SMILES string of the molecule is O=C(Nc1ncc(Cc2ccc(Br)cc2)s1)c1cccnc1SC(F)F. The third-order valence-electron chi connectivity index (χ3n) is 3.28. The standard InChI is InChI=1S/C17H12BrF2N3OS2/c18-11-5-3-10(4-6-11)8-12-9-22-17(25-12)23-14(24)13-2-1-7-21-15(13)26-16(19)20/h1-7,9,16H,8H2,(H,22,23,24). The first-order valence-electron chi connectivity index (χ1n) is 7.41. The maximum Gasteiger partial charge on any atom is 0.290 e. The molecule has 0 atom stereocenters. The Bertz CT molecular complexity index is 903. The summed E-state index contributed by atoms with van der Waals surface area (Å²) in [5.41, 5.74) is 1.22. The average molecular weight is 456 g/mol. The van der Waals surface area contributed by atoms with Crippen molar-refractivity contribution in [2.45, 2.75) is 17.2 Å². The van der Waals surface area contributed by atoms with Gasteiger partial charge in [0.15, 0.2) is 5.13 Å². The Labute approximate surface area is 165 Å². The van der Waals surface area contributed by atoms with Crippen molar-refractivity contribution in [1.29, 1.82) is 0 Å². The number of anilines is 1. The molecule has 2 heterocycles. The number of hydrogen-bond donors (Lipinski definition) is 1. The van der Waals surface area contributed by atoms with Crippen LogP contribution in [0.5, 0.6) is 0 Å². The molecule has 1 amide bonds. The predicted octanol–water partition coefficient (Wildman–Crippen LogP) is 5.46. The molecule has 0 aliphatic heterocycles. The Hall–Kier alpha value is -1.84. The molecule has 0 spiro atoms. The highest BCUT2D eigenvalue weighted by molar-refractivity contribution is 9.10. The van der Waals surface area contributed by atoms with Crippen molar-refractivity contribution in [3.63, 3.8) is 0 Å². The fraction of sp³-hybridized carbons (Fsp3) is 0.118. The average Bonchev–Trinajstić information content (AvgIpc) is 3.04. The molecule has 0 bridgehead atoms. The van der Waals surface area contributed by atoms with E-state index in [1.54, 1.807) is 6.20 Å². The fourth-order valence-corrected chi connectivity index (χ4v) is 3.84. The molecule has 3 aromatic rings. The summed E-state index contributed by atoms with van der Waals surface area (Å²) < 4.78 is 26.2. The van der Waals surface area contributed by atoms with Crippen molar-refractivity contribution < 1.29 is 13.6 Å². The zero-order valence-corrected chi connectivity index (χ0v) is 16.4. The molecule has 0 unspecified atom stereocenters. The van der Waals surface area contributed by atoms with Gasteiger partial charge in [-0.15, -0.1) is 11.3 Å². The number of benzene rings is 1. The zero-order valence-electron chi connectivity index (χ0n) is 13.2. The van der Waals surface area contributed by atoms with Crippen LogP contribution in [0.2, 0.25) is 0 Å². The van der Waals surface area contributed by atoms with E-state index < -0.39 is 11.7 Å². The molecule has 0 radical (unpaired) electrons. The van der Waals surface area contributed by atoms with Crippen molar-refractivity contribution in [3.05, 3.63) is 69.3 Å². The first-order chi connectivity index (χ1) is 12.5. The normalized spacial score (nSPS) is 10.9. The highest BCUT2D eigenvalue weighted by Crippen LogP contribution is 2.28. The lowest BCUT2D eigenvalue weighted by atomic mass is 10.1. The maximum absolute atomic E-state index is 12.6. The number of amides is 1. The Morgan fingerprint density at radius 1 is 1.23 bits per heavy atom. The molecule has 26 heavy (non-hydrogen) atoms. The summed E-state index contributed by atoms with van der Waals surface area (Å²) in [4.78, 5) is 21.4. The van der Waals surface area contributed by atoms with E-state index in [0.717, 1.165) is 14.9 Å². The maximum atomic E-state index is 12.6.